The van der Waals surface area contributed by atoms with E-state index in [0.29, 0.717) is 0 Å². The van der Waals surface area contributed by atoms with Crippen LogP contribution in [0.4, 0.5) is 4.79 Å². The number of carbonyl (C=O) groups is 4. The summed E-state index contributed by atoms with van der Waals surface area (Å²) >= 11 is 0. The monoisotopic (exact) mass is 473 g/mol. The largest absolute Gasteiger partial charge is 0.469 e. The first-order valence-electron chi connectivity index (χ1n) is 9.62. The Kier molecular flexibility index (Phi) is 11.4. The van der Waals surface area contributed by atoms with Crippen LogP contribution in [0.25, 0.3) is 0 Å². The van der Waals surface area contributed by atoms with Gasteiger partial charge in [0, 0.05) is 12.3 Å². The molecule has 12 heteroatoms. The summed E-state index contributed by atoms with van der Waals surface area (Å²) in [5.41, 5.74) is 0.733. The van der Waals surface area contributed by atoms with Crippen LogP contribution in [0.15, 0.2) is 30.3 Å². The van der Waals surface area contributed by atoms with Gasteiger partial charge in [0.05, 0.1) is 33.7 Å². The van der Waals surface area contributed by atoms with Gasteiger partial charge in [0.2, 0.25) is 7.37 Å². The van der Waals surface area contributed by atoms with Crippen molar-refractivity contribution in [3.63, 3.8) is 0 Å². The molecule has 2 N–H and O–H groups in total. The number of hydrogen-bond donors (Lipinski definition) is 2. The molecule has 0 spiro atoms. The van der Waals surface area contributed by atoms with Crippen LogP contribution in [-0.4, -0.2) is 68.6 Å². The van der Waals surface area contributed by atoms with Crippen LogP contribution in [0, 0.1) is 5.92 Å². The lowest BCUT2D eigenvalue weighted by molar-refractivity contribution is -0.151. The van der Waals surface area contributed by atoms with Crippen LogP contribution in [0.3, 0.4) is 0 Å². The molecule has 0 aliphatic carbocycles. The van der Waals surface area contributed by atoms with Crippen molar-refractivity contribution in [2.24, 2.45) is 5.92 Å². The number of nitrogens with one attached hydrogen (secondary N) is 1. The number of methoxy groups -OCH3 is 3. The molecule has 0 aromatic heterocycles. The molecule has 3 atom stereocenters. The van der Waals surface area contributed by atoms with Crippen molar-refractivity contribution in [1.82, 2.24) is 5.32 Å². The molecule has 178 valence electrons. The van der Waals surface area contributed by atoms with E-state index in [9.17, 15) is 28.6 Å². The molecule has 32 heavy (non-hydrogen) atoms. The van der Waals surface area contributed by atoms with E-state index in [1.165, 1.54) is 0 Å². The van der Waals surface area contributed by atoms with Crippen molar-refractivity contribution < 1.29 is 47.6 Å². The SMILES string of the molecule is COC(=O)CC(CP(=O)(O)CC[C@H](NC(=O)OCc1ccccc1)C(=O)OC)C(=O)OC. The van der Waals surface area contributed by atoms with Gasteiger partial charge in [-0.3, -0.25) is 14.2 Å². The van der Waals surface area contributed by atoms with Gasteiger partial charge < -0.3 is 29.2 Å². The predicted octanol–water partition coefficient (Wildman–Crippen LogP) is 1.47. The van der Waals surface area contributed by atoms with Gasteiger partial charge in [0.25, 0.3) is 0 Å². The summed E-state index contributed by atoms with van der Waals surface area (Å²) in [5.74, 6) is -3.60. The van der Waals surface area contributed by atoms with Crippen LogP contribution in [0.2, 0.25) is 0 Å². The van der Waals surface area contributed by atoms with E-state index in [2.05, 4.69) is 19.5 Å². The summed E-state index contributed by atoms with van der Waals surface area (Å²) in [7, 11) is -0.682. The fraction of sp³-hybridized carbons (Fsp3) is 0.500. The number of ether oxygens (including phenoxy) is 4. The summed E-state index contributed by atoms with van der Waals surface area (Å²) in [5, 5.41) is 2.31. The third-order valence-electron chi connectivity index (χ3n) is 4.44. The number of hydrogen-bond acceptors (Lipinski definition) is 9. The highest BCUT2D eigenvalue weighted by Crippen LogP contribution is 2.44. The zero-order valence-corrected chi connectivity index (χ0v) is 19.0. The lowest BCUT2D eigenvalue weighted by Crippen LogP contribution is -2.42. The average molecular weight is 473 g/mol. The maximum Gasteiger partial charge on any atom is 0.408 e. The second-order valence-corrected chi connectivity index (χ2v) is 9.33. The highest BCUT2D eigenvalue weighted by molar-refractivity contribution is 7.58. The highest BCUT2D eigenvalue weighted by Gasteiger charge is 2.33. The van der Waals surface area contributed by atoms with Crippen molar-refractivity contribution in [2.45, 2.75) is 25.5 Å². The maximum atomic E-state index is 12.6. The third-order valence-corrected chi connectivity index (χ3v) is 6.41. The molecule has 0 bridgehead atoms. The number of alkyl carbamates (subject to hydrolysis) is 1. The standard InChI is InChI=1S/C20H28NO10P/c1-28-17(22)11-15(18(23)29-2)13-32(26,27)10-9-16(19(24)30-3)21-20(25)31-12-14-7-5-4-6-8-14/h4-8,15-16H,9-13H2,1-3H3,(H,21,25)(H,26,27)/t15?,16-/m0/s1. The quantitative estimate of drug-likeness (QED) is 0.259. The van der Waals surface area contributed by atoms with Crippen molar-refractivity contribution in [2.75, 3.05) is 33.7 Å². The smallest absolute Gasteiger partial charge is 0.408 e. The first-order valence-corrected chi connectivity index (χ1v) is 11.7. The lowest BCUT2D eigenvalue weighted by atomic mass is 10.1. The molecule has 0 fully saturated rings. The summed E-state index contributed by atoms with van der Waals surface area (Å²) in [6.45, 7) is -0.0343. The first kappa shape index (κ1) is 27.1. The van der Waals surface area contributed by atoms with Crippen LogP contribution in [-0.2, 0) is 44.5 Å². The Morgan fingerprint density at radius 1 is 1.00 bits per heavy atom. The van der Waals surface area contributed by atoms with E-state index in [1.54, 1.807) is 30.3 Å². The molecule has 0 saturated carbocycles. The molecular weight excluding hydrogens is 445 g/mol. The minimum Gasteiger partial charge on any atom is -0.469 e. The van der Waals surface area contributed by atoms with Crippen molar-refractivity contribution in [1.29, 1.82) is 0 Å². The topological polar surface area (TPSA) is 155 Å². The van der Waals surface area contributed by atoms with Gasteiger partial charge in [-0.1, -0.05) is 30.3 Å². The van der Waals surface area contributed by atoms with Gasteiger partial charge in [-0.25, -0.2) is 9.59 Å². The van der Waals surface area contributed by atoms with Gasteiger partial charge in [0.1, 0.15) is 12.6 Å². The van der Waals surface area contributed by atoms with Crippen LogP contribution in [0.5, 0.6) is 0 Å². The fourth-order valence-corrected chi connectivity index (χ4v) is 4.55. The van der Waals surface area contributed by atoms with E-state index in [1.807, 2.05) is 0 Å². The second kappa shape index (κ2) is 13.5. The number of esters is 3. The Bertz CT molecular complexity index is 829. The molecule has 0 aliphatic rings. The van der Waals surface area contributed by atoms with E-state index in [4.69, 9.17) is 4.74 Å². The molecule has 2 unspecified atom stereocenters. The van der Waals surface area contributed by atoms with Crippen LogP contribution < -0.4 is 5.32 Å². The number of amides is 1. The number of benzene rings is 1. The highest BCUT2D eigenvalue weighted by atomic mass is 31.2. The van der Waals surface area contributed by atoms with Crippen molar-refractivity contribution in [3.05, 3.63) is 35.9 Å². The Morgan fingerprint density at radius 2 is 1.62 bits per heavy atom. The molecule has 1 rings (SSSR count). The van der Waals surface area contributed by atoms with E-state index >= 15 is 0 Å². The number of carbonyl (C=O) groups excluding carboxylic acids is 4. The van der Waals surface area contributed by atoms with E-state index in [-0.39, 0.29) is 13.0 Å². The minimum atomic E-state index is -4.00. The molecular formula is C20H28NO10P. The molecule has 0 aliphatic heterocycles. The summed E-state index contributed by atoms with van der Waals surface area (Å²) in [6.07, 6.45) is -2.58. The minimum absolute atomic E-state index is 0.0343. The Labute approximate surface area is 185 Å². The zero-order valence-electron chi connectivity index (χ0n) is 18.1. The normalized spacial score (nSPS) is 14.2. The second-order valence-electron chi connectivity index (χ2n) is 6.82. The lowest BCUT2D eigenvalue weighted by Gasteiger charge is -2.20. The molecule has 11 nitrogen and oxygen atoms in total. The van der Waals surface area contributed by atoms with Gasteiger partial charge >= 0.3 is 24.0 Å². The Hall–Kier alpha value is -2.91. The van der Waals surface area contributed by atoms with E-state index < -0.39 is 62.1 Å². The van der Waals surface area contributed by atoms with Crippen LogP contribution in [0.1, 0.15) is 18.4 Å². The summed E-state index contributed by atoms with van der Waals surface area (Å²) < 4.78 is 31.4. The Morgan fingerprint density at radius 3 is 2.19 bits per heavy atom. The average Bonchev–Trinajstić information content (AvgIpc) is 2.79. The molecule has 1 aromatic rings. The van der Waals surface area contributed by atoms with Crippen molar-refractivity contribution >= 4 is 31.4 Å². The van der Waals surface area contributed by atoms with E-state index in [0.717, 1.165) is 26.9 Å². The predicted molar refractivity (Wildman–Crippen MR) is 112 cm³/mol. The molecule has 0 heterocycles. The first-order chi connectivity index (χ1) is 15.1. The molecule has 0 saturated heterocycles. The molecule has 1 aromatic carbocycles. The third kappa shape index (κ3) is 9.93. The van der Waals surface area contributed by atoms with Gasteiger partial charge in [-0.05, 0) is 12.0 Å². The maximum absolute atomic E-state index is 12.6. The number of rotatable bonds is 12. The summed E-state index contributed by atoms with van der Waals surface area (Å²) in [4.78, 5) is 57.7. The molecule has 1 amide bonds. The Balaban J connectivity index is 2.71. The van der Waals surface area contributed by atoms with Gasteiger partial charge in [0.15, 0.2) is 0 Å². The fourth-order valence-electron chi connectivity index (χ4n) is 2.74. The van der Waals surface area contributed by atoms with Gasteiger partial charge in [-0.15, -0.1) is 0 Å². The van der Waals surface area contributed by atoms with Crippen LogP contribution >= 0.6 is 7.37 Å². The summed E-state index contributed by atoms with van der Waals surface area (Å²) in [6, 6.07) is 7.60. The van der Waals surface area contributed by atoms with Crippen molar-refractivity contribution in [3.8, 4) is 0 Å². The van der Waals surface area contributed by atoms with Gasteiger partial charge in [-0.2, -0.15) is 0 Å². The molecule has 0 radical (unpaired) electrons. The zero-order chi connectivity index (χ0) is 24.1.